The number of piperidine rings is 1. The van der Waals surface area contributed by atoms with E-state index in [1.807, 2.05) is 0 Å². The number of hydrogen-bond acceptors (Lipinski definition) is 6. The van der Waals surface area contributed by atoms with Crippen LogP contribution >= 0.6 is 11.3 Å². The lowest BCUT2D eigenvalue weighted by atomic mass is 9.96. The Labute approximate surface area is 123 Å². The van der Waals surface area contributed by atoms with Crippen molar-refractivity contribution in [2.45, 2.75) is 26.2 Å². The maximum absolute atomic E-state index is 11.8. The normalized spacial score (nSPS) is 18.9. The number of rotatable bonds is 4. The molecule has 1 aromatic heterocycles. The van der Waals surface area contributed by atoms with Crippen molar-refractivity contribution < 1.29 is 14.3 Å². The second kappa shape index (κ2) is 6.35. The van der Waals surface area contributed by atoms with E-state index in [1.54, 1.807) is 7.11 Å². The van der Waals surface area contributed by atoms with Crippen molar-refractivity contribution in [3.05, 3.63) is 4.88 Å². The Morgan fingerprint density at radius 2 is 2.25 bits per heavy atom. The van der Waals surface area contributed by atoms with E-state index in [0.29, 0.717) is 22.2 Å². The summed E-state index contributed by atoms with van der Waals surface area (Å²) in [6.45, 7) is 4.19. The van der Waals surface area contributed by atoms with Crippen LogP contribution in [-0.4, -0.2) is 33.3 Å². The summed E-state index contributed by atoms with van der Waals surface area (Å²) in [6, 6.07) is 0. The number of carbonyl (C=O) groups is 1. The highest BCUT2D eigenvalue weighted by Crippen LogP contribution is 2.46. The van der Waals surface area contributed by atoms with Gasteiger partial charge in [-0.05, 0) is 18.8 Å². The highest BCUT2D eigenvalue weighted by molar-refractivity contribution is 7.19. The topological polar surface area (TPSA) is 64.8 Å². The summed E-state index contributed by atoms with van der Waals surface area (Å²) in [5, 5.41) is 0.948. The smallest absolute Gasteiger partial charge is 0.350 e. The fraction of sp³-hybridized carbons (Fsp3) is 0.643. The van der Waals surface area contributed by atoms with Gasteiger partial charge in [-0.1, -0.05) is 13.3 Å². The summed E-state index contributed by atoms with van der Waals surface area (Å²) in [7, 11) is 2.95. The molecule has 2 rings (SSSR count). The molecule has 0 spiro atoms. The minimum atomic E-state index is -0.402. The summed E-state index contributed by atoms with van der Waals surface area (Å²) >= 11 is 1.36. The van der Waals surface area contributed by atoms with E-state index in [4.69, 9.17) is 15.2 Å². The first-order valence-corrected chi connectivity index (χ1v) is 7.73. The van der Waals surface area contributed by atoms with E-state index >= 15 is 0 Å². The van der Waals surface area contributed by atoms with E-state index in [2.05, 4.69) is 11.8 Å². The van der Waals surface area contributed by atoms with Crippen LogP contribution in [-0.2, 0) is 4.74 Å². The summed E-state index contributed by atoms with van der Waals surface area (Å²) in [5.74, 6) is 0.895. The number of hydrogen-bond donors (Lipinski definition) is 1. The van der Waals surface area contributed by atoms with Gasteiger partial charge in [-0.15, -0.1) is 11.3 Å². The zero-order chi connectivity index (χ0) is 14.7. The van der Waals surface area contributed by atoms with Crippen LogP contribution in [0.5, 0.6) is 5.75 Å². The Hall–Kier alpha value is -1.43. The third kappa shape index (κ3) is 2.70. The molecule has 0 radical (unpaired) electrons. The average Bonchev–Trinajstić information content (AvgIpc) is 2.83. The number of anilines is 2. The molecule has 1 unspecified atom stereocenters. The van der Waals surface area contributed by atoms with Crippen LogP contribution in [0, 0.1) is 5.92 Å². The molecule has 1 aliphatic heterocycles. The van der Waals surface area contributed by atoms with Crippen LogP contribution in [0.4, 0.5) is 10.7 Å². The Balaban J connectivity index is 2.33. The highest BCUT2D eigenvalue weighted by atomic mass is 32.1. The molecule has 0 amide bonds. The predicted octanol–water partition coefficient (Wildman–Crippen LogP) is 2.75. The lowest BCUT2D eigenvalue weighted by molar-refractivity contribution is 0.0607. The van der Waals surface area contributed by atoms with Crippen LogP contribution in [0.25, 0.3) is 0 Å². The van der Waals surface area contributed by atoms with Crippen LogP contribution in [0.2, 0.25) is 0 Å². The number of methoxy groups -OCH3 is 2. The number of thiophene rings is 1. The molecule has 0 aliphatic carbocycles. The summed E-state index contributed by atoms with van der Waals surface area (Å²) < 4.78 is 10.2. The van der Waals surface area contributed by atoms with E-state index < -0.39 is 5.97 Å². The van der Waals surface area contributed by atoms with Gasteiger partial charge in [-0.3, -0.25) is 0 Å². The third-order valence-corrected chi connectivity index (χ3v) is 5.07. The number of nitrogens with zero attached hydrogens (tertiary/aromatic N) is 1. The summed E-state index contributed by atoms with van der Waals surface area (Å²) in [4.78, 5) is 14.5. The molecule has 1 saturated heterocycles. The lowest BCUT2D eigenvalue weighted by Crippen LogP contribution is -2.34. The largest absolute Gasteiger partial charge is 0.492 e. The molecule has 0 saturated carbocycles. The first-order valence-electron chi connectivity index (χ1n) is 6.91. The van der Waals surface area contributed by atoms with Crippen molar-refractivity contribution in [2.24, 2.45) is 5.92 Å². The van der Waals surface area contributed by atoms with Crippen LogP contribution < -0.4 is 15.4 Å². The van der Waals surface area contributed by atoms with Gasteiger partial charge in [0.05, 0.1) is 14.2 Å². The Bertz CT molecular complexity index is 487. The van der Waals surface area contributed by atoms with Crippen molar-refractivity contribution in [1.82, 2.24) is 0 Å². The molecular weight excluding hydrogens is 276 g/mol. The van der Waals surface area contributed by atoms with Gasteiger partial charge in [-0.2, -0.15) is 0 Å². The molecule has 0 bridgehead atoms. The molecule has 6 heteroatoms. The molecule has 1 aliphatic rings. The fourth-order valence-corrected chi connectivity index (χ4v) is 3.79. The monoisotopic (exact) mass is 298 g/mol. The van der Waals surface area contributed by atoms with Gasteiger partial charge in [0.25, 0.3) is 0 Å². The van der Waals surface area contributed by atoms with E-state index in [1.165, 1.54) is 31.3 Å². The predicted molar refractivity (Wildman–Crippen MR) is 81.9 cm³/mol. The minimum absolute atomic E-state index is 0.387. The van der Waals surface area contributed by atoms with Crippen molar-refractivity contribution in [3.63, 3.8) is 0 Å². The molecule has 0 aromatic carbocycles. The second-order valence-corrected chi connectivity index (χ2v) is 6.04. The zero-order valence-corrected chi connectivity index (χ0v) is 13.1. The molecule has 112 valence electrons. The maximum Gasteiger partial charge on any atom is 0.350 e. The maximum atomic E-state index is 11.8. The standard InChI is InChI=1S/C14H22N2O3S/c1-4-9-6-5-7-16(8-9)13-11(18-2)10(15)12(20-13)14(17)19-3/h9H,4-8,15H2,1-3H3. The van der Waals surface area contributed by atoms with E-state index in [0.717, 1.165) is 24.5 Å². The fourth-order valence-electron chi connectivity index (χ4n) is 2.65. The molecule has 5 nitrogen and oxygen atoms in total. The van der Waals surface area contributed by atoms with Gasteiger partial charge < -0.3 is 20.1 Å². The Morgan fingerprint density at radius 1 is 1.50 bits per heavy atom. The first kappa shape index (κ1) is 15.0. The number of esters is 1. The highest BCUT2D eigenvalue weighted by Gasteiger charge is 2.28. The Kier molecular flexibility index (Phi) is 4.75. The van der Waals surface area contributed by atoms with Crippen molar-refractivity contribution in [1.29, 1.82) is 0 Å². The molecule has 2 N–H and O–H groups in total. The average molecular weight is 298 g/mol. The van der Waals surface area contributed by atoms with Crippen LogP contribution in [0.3, 0.4) is 0 Å². The Morgan fingerprint density at radius 3 is 2.85 bits per heavy atom. The second-order valence-electron chi connectivity index (χ2n) is 5.04. The van der Waals surface area contributed by atoms with Crippen LogP contribution in [0.1, 0.15) is 35.9 Å². The molecule has 1 aromatic rings. The van der Waals surface area contributed by atoms with Gasteiger partial charge >= 0.3 is 5.97 Å². The molecule has 1 atom stereocenters. The first-order chi connectivity index (χ1) is 9.62. The van der Waals surface area contributed by atoms with E-state index in [-0.39, 0.29) is 0 Å². The molecule has 2 heterocycles. The summed E-state index contributed by atoms with van der Waals surface area (Å²) in [6.07, 6.45) is 3.59. The van der Waals surface area contributed by atoms with Crippen LogP contribution in [0.15, 0.2) is 0 Å². The molecule has 1 fully saturated rings. The van der Waals surface area contributed by atoms with Gasteiger partial charge in [0.1, 0.15) is 15.6 Å². The van der Waals surface area contributed by atoms with Crippen molar-refractivity contribution >= 4 is 28.0 Å². The molecular formula is C14H22N2O3S. The quantitative estimate of drug-likeness (QED) is 0.866. The minimum Gasteiger partial charge on any atom is -0.492 e. The van der Waals surface area contributed by atoms with Gasteiger partial charge in [-0.25, -0.2) is 4.79 Å². The zero-order valence-electron chi connectivity index (χ0n) is 12.3. The van der Waals surface area contributed by atoms with E-state index in [9.17, 15) is 4.79 Å². The molecule has 20 heavy (non-hydrogen) atoms. The third-order valence-electron chi connectivity index (χ3n) is 3.84. The van der Waals surface area contributed by atoms with Gasteiger partial charge in [0.2, 0.25) is 0 Å². The SMILES string of the molecule is CCC1CCCN(c2sc(C(=O)OC)c(N)c2OC)C1. The number of carbonyl (C=O) groups excluding carboxylic acids is 1. The number of nitrogens with two attached hydrogens (primary N) is 1. The van der Waals surface area contributed by atoms with Crippen molar-refractivity contribution in [2.75, 3.05) is 37.9 Å². The number of nitrogen functional groups attached to an aromatic ring is 1. The summed E-state index contributed by atoms with van der Waals surface area (Å²) in [5.41, 5.74) is 6.41. The van der Waals surface area contributed by atoms with Gasteiger partial charge in [0, 0.05) is 13.1 Å². The van der Waals surface area contributed by atoms with Gasteiger partial charge in [0.15, 0.2) is 5.75 Å². The number of ether oxygens (including phenoxy) is 2. The lowest BCUT2D eigenvalue weighted by Gasteiger charge is -2.33. The van der Waals surface area contributed by atoms with Crippen molar-refractivity contribution in [3.8, 4) is 5.75 Å².